The number of sulfone groups is 1. The first-order chi connectivity index (χ1) is 15.3. The monoisotopic (exact) mass is 450 g/mol. The van der Waals surface area contributed by atoms with Crippen LogP contribution in [0.2, 0.25) is 0 Å². The molecule has 3 aromatic carbocycles. The molecule has 1 aromatic heterocycles. The van der Waals surface area contributed by atoms with Crippen LogP contribution in [0.1, 0.15) is 16.7 Å². The zero-order chi connectivity index (χ0) is 22.7. The van der Waals surface area contributed by atoms with E-state index in [0.29, 0.717) is 16.5 Å². The predicted molar refractivity (Wildman–Crippen MR) is 122 cm³/mol. The molecular weight excluding hydrogens is 427 g/mol. The lowest BCUT2D eigenvalue weighted by Crippen LogP contribution is -2.26. The Labute approximate surface area is 186 Å². The standard InChI is InChI=1S/C25H23FN2O3S/c1-18-6-8-20(9-7-18)17-32(30,31)24-15-28(23-5-3-2-4-22(23)24)16-25(29)27-14-19-10-12-21(26)13-11-19/h2-13,15H,14,16-17H2,1H3,(H,27,29). The number of fused-ring (bicyclic) bond motifs is 1. The van der Waals surface area contributed by atoms with Gasteiger partial charge in [-0.25, -0.2) is 12.8 Å². The lowest BCUT2D eigenvalue weighted by atomic mass is 10.2. The van der Waals surface area contributed by atoms with Crippen LogP contribution in [0.25, 0.3) is 10.9 Å². The molecule has 0 aliphatic carbocycles. The number of halogens is 1. The van der Waals surface area contributed by atoms with Gasteiger partial charge in [0.15, 0.2) is 9.84 Å². The summed E-state index contributed by atoms with van der Waals surface area (Å²) in [6.45, 7) is 2.19. The maximum atomic E-state index is 13.2. The van der Waals surface area contributed by atoms with E-state index in [1.807, 2.05) is 37.3 Å². The average molecular weight is 451 g/mol. The molecule has 4 aromatic rings. The summed E-state index contributed by atoms with van der Waals surface area (Å²) in [7, 11) is -3.62. The molecule has 0 saturated carbocycles. The summed E-state index contributed by atoms with van der Waals surface area (Å²) in [5.74, 6) is -0.714. The van der Waals surface area contributed by atoms with E-state index in [9.17, 15) is 17.6 Å². The SMILES string of the molecule is Cc1ccc(CS(=O)(=O)c2cn(CC(=O)NCc3ccc(F)cc3)c3ccccc23)cc1. The fraction of sp³-hybridized carbons (Fsp3) is 0.160. The number of hydrogen-bond donors (Lipinski definition) is 1. The van der Waals surface area contributed by atoms with Crippen LogP contribution < -0.4 is 5.32 Å². The van der Waals surface area contributed by atoms with Gasteiger partial charge in [0.2, 0.25) is 5.91 Å². The molecule has 5 nitrogen and oxygen atoms in total. The quantitative estimate of drug-likeness (QED) is 0.454. The molecule has 32 heavy (non-hydrogen) atoms. The van der Waals surface area contributed by atoms with Gasteiger partial charge < -0.3 is 9.88 Å². The lowest BCUT2D eigenvalue weighted by Gasteiger charge is -2.07. The number of aryl methyl sites for hydroxylation is 1. The second kappa shape index (κ2) is 8.96. The van der Waals surface area contributed by atoms with Crippen molar-refractivity contribution in [3.05, 3.63) is 102 Å². The van der Waals surface area contributed by atoms with Gasteiger partial charge in [-0.15, -0.1) is 0 Å². The number of nitrogens with zero attached hydrogens (tertiary/aromatic N) is 1. The Hall–Kier alpha value is -3.45. The van der Waals surface area contributed by atoms with E-state index >= 15 is 0 Å². The highest BCUT2D eigenvalue weighted by Gasteiger charge is 2.22. The highest BCUT2D eigenvalue weighted by Crippen LogP contribution is 2.28. The molecule has 0 saturated heterocycles. The number of carbonyl (C=O) groups excluding carboxylic acids is 1. The Morgan fingerprint density at radius 3 is 2.31 bits per heavy atom. The summed E-state index contributed by atoms with van der Waals surface area (Å²) >= 11 is 0. The maximum absolute atomic E-state index is 13.2. The van der Waals surface area contributed by atoms with Gasteiger partial charge >= 0.3 is 0 Å². The number of hydrogen-bond acceptors (Lipinski definition) is 3. The topological polar surface area (TPSA) is 68.2 Å². The molecule has 164 valence electrons. The van der Waals surface area contributed by atoms with Gasteiger partial charge in [-0.1, -0.05) is 60.2 Å². The third-order valence-corrected chi connectivity index (χ3v) is 6.99. The summed E-state index contributed by atoms with van der Waals surface area (Å²) in [6.07, 6.45) is 1.53. The molecule has 0 aliphatic rings. The van der Waals surface area contributed by atoms with Crippen LogP contribution >= 0.6 is 0 Å². The van der Waals surface area contributed by atoms with Crippen molar-refractivity contribution in [3.8, 4) is 0 Å². The normalized spacial score (nSPS) is 11.6. The molecule has 1 N–H and O–H groups in total. The zero-order valence-electron chi connectivity index (χ0n) is 17.6. The number of amides is 1. The Bertz CT molecular complexity index is 1360. The number of aromatic nitrogens is 1. The van der Waals surface area contributed by atoms with Gasteiger partial charge in [0.25, 0.3) is 0 Å². The third-order valence-electron chi connectivity index (χ3n) is 5.28. The molecule has 0 aliphatic heterocycles. The van der Waals surface area contributed by atoms with Crippen LogP contribution in [0.5, 0.6) is 0 Å². The van der Waals surface area contributed by atoms with E-state index in [1.54, 1.807) is 34.9 Å². The summed E-state index contributed by atoms with van der Waals surface area (Å²) in [6, 6.07) is 20.4. The lowest BCUT2D eigenvalue weighted by molar-refractivity contribution is -0.121. The number of para-hydroxylation sites is 1. The Morgan fingerprint density at radius 1 is 0.938 bits per heavy atom. The van der Waals surface area contributed by atoms with Gasteiger partial charge in [0.05, 0.1) is 10.6 Å². The van der Waals surface area contributed by atoms with Crippen LogP contribution in [0, 0.1) is 12.7 Å². The van der Waals surface area contributed by atoms with Crippen molar-refractivity contribution in [2.45, 2.75) is 30.7 Å². The molecule has 0 bridgehead atoms. The second-order valence-corrected chi connectivity index (χ2v) is 9.74. The minimum Gasteiger partial charge on any atom is -0.350 e. The van der Waals surface area contributed by atoms with Crippen LogP contribution in [0.3, 0.4) is 0 Å². The van der Waals surface area contributed by atoms with Crippen LogP contribution in [-0.4, -0.2) is 18.9 Å². The third kappa shape index (κ3) is 4.89. The summed E-state index contributed by atoms with van der Waals surface area (Å²) in [4.78, 5) is 12.7. The number of carbonyl (C=O) groups is 1. The molecular formula is C25H23FN2O3S. The fourth-order valence-electron chi connectivity index (χ4n) is 3.59. The molecule has 0 spiro atoms. The Balaban J connectivity index is 1.56. The summed E-state index contributed by atoms with van der Waals surface area (Å²) in [5.41, 5.74) is 3.23. The van der Waals surface area contributed by atoms with Crippen molar-refractivity contribution >= 4 is 26.6 Å². The molecule has 1 heterocycles. The Kier molecular flexibility index (Phi) is 6.10. The first-order valence-corrected chi connectivity index (χ1v) is 11.8. The second-order valence-electron chi connectivity index (χ2n) is 7.79. The molecule has 1 amide bonds. The van der Waals surface area contributed by atoms with Crippen molar-refractivity contribution in [1.29, 1.82) is 0 Å². The van der Waals surface area contributed by atoms with Gasteiger partial charge in [-0.3, -0.25) is 4.79 Å². The minimum absolute atomic E-state index is 0.0260. The Morgan fingerprint density at radius 2 is 1.59 bits per heavy atom. The van der Waals surface area contributed by atoms with E-state index in [1.165, 1.54) is 18.3 Å². The molecule has 7 heteroatoms. The number of benzene rings is 3. The molecule has 0 radical (unpaired) electrons. The molecule has 0 fully saturated rings. The average Bonchev–Trinajstić information content (AvgIpc) is 3.14. The van der Waals surface area contributed by atoms with E-state index in [2.05, 4.69) is 5.32 Å². The van der Waals surface area contributed by atoms with Crippen LogP contribution in [-0.2, 0) is 33.5 Å². The van der Waals surface area contributed by atoms with E-state index in [-0.39, 0.29) is 35.5 Å². The van der Waals surface area contributed by atoms with E-state index in [0.717, 1.165) is 11.1 Å². The van der Waals surface area contributed by atoms with Crippen molar-refractivity contribution in [3.63, 3.8) is 0 Å². The van der Waals surface area contributed by atoms with Crippen LogP contribution in [0.15, 0.2) is 83.9 Å². The van der Waals surface area contributed by atoms with Gasteiger partial charge in [-0.2, -0.15) is 0 Å². The fourth-order valence-corrected chi connectivity index (χ4v) is 5.17. The van der Waals surface area contributed by atoms with Crippen molar-refractivity contribution in [2.24, 2.45) is 0 Å². The van der Waals surface area contributed by atoms with Crippen molar-refractivity contribution < 1.29 is 17.6 Å². The van der Waals surface area contributed by atoms with Crippen molar-refractivity contribution in [2.75, 3.05) is 0 Å². The molecule has 4 rings (SSSR count). The van der Waals surface area contributed by atoms with E-state index < -0.39 is 9.84 Å². The largest absolute Gasteiger partial charge is 0.350 e. The maximum Gasteiger partial charge on any atom is 0.240 e. The first kappa shape index (κ1) is 21.8. The van der Waals surface area contributed by atoms with Crippen molar-refractivity contribution in [1.82, 2.24) is 9.88 Å². The molecule has 0 atom stereocenters. The summed E-state index contributed by atoms with van der Waals surface area (Å²) in [5, 5.41) is 3.38. The van der Waals surface area contributed by atoms with Gasteiger partial charge in [0.1, 0.15) is 12.4 Å². The minimum atomic E-state index is -3.62. The van der Waals surface area contributed by atoms with Gasteiger partial charge in [-0.05, 0) is 36.2 Å². The number of rotatable bonds is 7. The smallest absolute Gasteiger partial charge is 0.240 e. The van der Waals surface area contributed by atoms with Crippen LogP contribution in [0.4, 0.5) is 4.39 Å². The van der Waals surface area contributed by atoms with E-state index in [4.69, 9.17) is 0 Å². The van der Waals surface area contributed by atoms with Gasteiger partial charge in [0, 0.05) is 23.6 Å². The molecule has 0 unspecified atom stereocenters. The predicted octanol–water partition coefficient (Wildman–Crippen LogP) is 4.38. The zero-order valence-corrected chi connectivity index (χ0v) is 18.4. The highest BCUT2D eigenvalue weighted by atomic mass is 32.2. The first-order valence-electron chi connectivity index (χ1n) is 10.2. The number of nitrogens with one attached hydrogen (secondary N) is 1. The summed E-state index contributed by atoms with van der Waals surface area (Å²) < 4.78 is 41.1. The highest BCUT2D eigenvalue weighted by molar-refractivity contribution is 7.90.